The topological polar surface area (TPSA) is 193 Å². The van der Waals surface area contributed by atoms with Crippen molar-refractivity contribution in [2.45, 2.75) is 37.3 Å². The number of allylic oxidation sites excluding steroid dienone is 1. The number of carboxylic acids is 1. The number of β-lactam (4-membered cyclic amide) rings is 1. The van der Waals surface area contributed by atoms with Crippen molar-refractivity contribution in [1.29, 1.82) is 0 Å². The minimum atomic E-state index is -1.33. The van der Waals surface area contributed by atoms with E-state index in [1.165, 1.54) is 16.7 Å². The Balaban J connectivity index is 1.09. The number of hydrogen-bond acceptors (Lipinski definition) is 12. The Hall–Kier alpha value is -6.65. The average Bonchev–Trinajstić information content (AvgIpc) is 3.83. The van der Waals surface area contributed by atoms with E-state index in [1.54, 1.807) is 24.6 Å². The van der Waals surface area contributed by atoms with Crippen LogP contribution in [0.25, 0.3) is 0 Å². The number of carbonyl (C=O) groups excluding carboxylic acids is 3. The summed E-state index contributed by atoms with van der Waals surface area (Å²) in [5.41, 5.74) is 8.60. The first-order valence-electron chi connectivity index (χ1n) is 18.3. The molecule has 5 aromatic rings. The fourth-order valence-electron chi connectivity index (χ4n) is 7.37. The molecule has 4 N–H and O–H groups in total. The number of amides is 3. The van der Waals surface area contributed by atoms with Crippen LogP contribution >= 0.6 is 23.1 Å². The van der Waals surface area contributed by atoms with Crippen molar-refractivity contribution in [3.05, 3.63) is 159 Å². The number of thiazole rings is 1. The van der Waals surface area contributed by atoms with E-state index in [0.29, 0.717) is 35.6 Å². The van der Waals surface area contributed by atoms with Crippen LogP contribution < -0.4 is 16.0 Å². The molecule has 2 fully saturated rings. The highest BCUT2D eigenvalue weighted by atomic mass is 32.2. The van der Waals surface area contributed by atoms with E-state index in [1.807, 2.05) is 97.9 Å². The van der Waals surface area contributed by atoms with E-state index in [0.717, 1.165) is 38.6 Å². The van der Waals surface area contributed by atoms with Crippen LogP contribution in [0.5, 0.6) is 0 Å². The summed E-state index contributed by atoms with van der Waals surface area (Å²) >= 11 is 2.38. The summed E-state index contributed by atoms with van der Waals surface area (Å²) in [5.74, 6) is -2.42. The molecular weight excluding hydrogens is 777 g/mol. The molecule has 58 heavy (non-hydrogen) atoms. The van der Waals surface area contributed by atoms with Crippen LogP contribution in [-0.4, -0.2) is 78.1 Å². The number of fused-ring (bicyclic) bond motifs is 1. The molecule has 8 rings (SSSR count). The number of thioether (sulfide) groups is 1. The number of benzene rings is 3. The second-order valence-electron chi connectivity index (χ2n) is 13.7. The number of hydrogen-bond donors (Lipinski definition) is 3. The second-order valence-corrected chi connectivity index (χ2v) is 15.7. The van der Waals surface area contributed by atoms with Gasteiger partial charge in [-0.25, -0.2) is 14.8 Å². The Morgan fingerprint density at radius 3 is 2.14 bits per heavy atom. The molecule has 0 aliphatic carbocycles. The Labute approximate surface area is 341 Å². The van der Waals surface area contributed by atoms with Crippen molar-refractivity contribution in [2.24, 2.45) is 5.16 Å². The van der Waals surface area contributed by atoms with Gasteiger partial charge in [-0.3, -0.25) is 29.2 Å². The largest absolute Gasteiger partial charge is 0.477 e. The molecular formula is C42H36N8O6S2. The lowest BCUT2D eigenvalue weighted by Crippen LogP contribution is -2.71. The molecule has 16 heteroatoms. The van der Waals surface area contributed by atoms with Crippen LogP contribution in [0.4, 0.5) is 10.9 Å². The highest BCUT2D eigenvalue weighted by molar-refractivity contribution is 8.00. The summed E-state index contributed by atoms with van der Waals surface area (Å²) in [6.07, 6.45) is 3.50. The molecule has 0 saturated carbocycles. The molecule has 2 saturated heterocycles. The van der Waals surface area contributed by atoms with Crippen LogP contribution in [0.3, 0.4) is 0 Å². The summed E-state index contributed by atoms with van der Waals surface area (Å²) < 4.78 is 0. The van der Waals surface area contributed by atoms with Gasteiger partial charge in [-0.05, 0) is 31.9 Å². The van der Waals surface area contributed by atoms with Gasteiger partial charge in [0.25, 0.3) is 17.7 Å². The molecule has 5 heterocycles. The van der Waals surface area contributed by atoms with Crippen LogP contribution in [0, 0.1) is 13.8 Å². The first-order valence-corrected chi connectivity index (χ1v) is 20.2. The molecule has 292 valence electrons. The third-order valence-electron chi connectivity index (χ3n) is 10.1. The number of nitrogens with zero attached hydrogens (tertiary/aromatic N) is 6. The Kier molecular flexibility index (Phi) is 10.4. The first-order chi connectivity index (χ1) is 28.1. The van der Waals surface area contributed by atoms with Crippen molar-refractivity contribution in [3.63, 3.8) is 0 Å². The summed E-state index contributed by atoms with van der Waals surface area (Å²) in [7, 11) is 0. The van der Waals surface area contributed by atoms with E-state index in [2.05, 4.69) is 25.4 Å². The smallest absolute Gasteiger partial charge is 0.352 e. The van der Waals surface area contributed by atoms with Crippen molar-refractivity contribution >= 4 is 63.5 Å². The lowest BCUT2D eigenvalue weighted by atomic mass is 9.80. The van der Waals surface area contributed by atoms with Gasteiger partial charge in [-0.2, -0.15) is 0 Å². The van der Waals surface area contributed by atoms with Gasteiger partial charge in [0.1, 0.15) is 22.8 Å². The predicted molar refractivity (Wildman–Crippen MR) is 220 cm³/mol. The summed E-state index contributed by atoms with van der Waals surface area (Å²) in [6.45, 7) is 3.95. The van der Waals surface area contributed by atoms with Crippen molar-refractivity contribution in [2.75, 3.05) is 22.9 Å². The molecule has 2 aromatic heterocycles. The number of aliphatic carboxylic acids is 1. The van der Waals surface area contributed by atoms with E-state index in [9.17, 15) is 24.3 Å². The first kappa shape index (κ1) is 38.2. The van der Waals surface area contributed by atoms with Gasteiger partial charge in [0.05, 0.1) is 17.6 Å². The van der Waals surface area contributed by atoms with Gasteiger partial charge >= 0.3 is 5.97 Å². The zero-order valence-corrected chi connectivity index (χ0v) is 32.9. The number of aryl methyl sites for hydroxylation is 2. The maximum absolute atomic E-state index is 14.3. The number of nitrogens with two attached hydrogens (primary N) is 1. The number of rotatable bonds is 11. The lowest BCUT2D eigenvalue weighted by molar-refractivity contribution is -0.150. The van der Waals surface area contributed by atoms with Crippen molar-refractivity contribution in [3.8, 4) is 0 Å². The van der Waals surface area contributed by atoms with E-state index in [-0.39, 0.29) is 33.9 Å². The number of nitrogens with one attached hydrogen (secondary N) is 1. The molecule has 3 aliphatic heterocycles. The summed E-state index contributed by atoms with van der Waals surface area (Å²) in [5, 5.41) is 18.7. The third-order valence-corrected chi connectivity index (χ3v) is 12.0. The maximum atomic E-state index is 14.3. The monoisotopic (exact) mass is 812 g/mol. The number of oxime groups is 1. The minimum absolute atomic E-state index is 0.130. The fraction of sp³-hybridized carbons (Fsp3) is 0.190. The summed E-state index contributed by atoms with van der Waals surface area (Å²) in [4.78, 5) is 76.7. The summed E-state index contributed by atoms with van der Waals surface area (Å²) in [6, 6.07) is 27.4. The third kappa shape index (κ3) is 6.90. The van der Waals surface area contributed by atoms with Gasteiger partial charge in [-0.1, -0.05) is 96.2 Å². The molecule has 14 nitrogen and oxygen atoms in total. The van der Waals surface area contributed by atoms with Crippen LogP contribution in [0.1, 0.15) is 40.2 Å². The zero-order valence-electron chi connectivity index (χ0n) is 31.2. The molecule has 3 aromatic carbocycles. The van der Waals surface area contributed by atoms with Crippen LogP contribution in [0.15, 0.2) is 131 Å². The number of anilines is 2. The van der Waals surface area contributed by atoms with Crippen LogP contribution in [0.2, 0.25) is 0 Å². The number of aromatic nitrogens is 3. The maximum Gasteiger partial charge on any atom is 0.352 e. The van der Waals surface area contributed by atoms with E-state index in [4.69, 9.17) is 10.6 Å². The SMILES string of the molecule is Cc1cnc(N2CC/C(=C\C3=C(C(=O)O)N4C(=O)[C@@H](NC(=O)/C(=N\OC(c5ccccc5)(c5ccccc5)c5ccccc5)c5csc(N)n5)[C@H]4SC3)C2=O)c(C)n1. The Morgan fingerprint density at radius 1 is 0.966 bits per heavy atom. The zero-order chi connectivity index (χ0) is 40.6. The van der Waals surface area contributed by atoms with E-state index >= 15 is 0 Å². The Morgan fingerprint density at radius 2 is 1.59 bits per heavy atom. The van der Waals surface area contributed by atoms with Gasteiger partial charge in [-0.15, -0.1) is 23.1 Å². The molecule has 3 aliphatic rings. The van der Waals surface area contributed by atoms with Gasteiger partial charge in [0, 0.05) is 39.9 Å². The highest BCUT2D eigenvalue weighted by Crippen LogP contribution is 2.43. The lowest BCUT2D eigenvalue weighted by Gasteiger charge is -2.49. The number of nitrogen functional groups attached to an aromatic ring is 1. The van der Waals surface area contributed by atoms with Crippen molar-refractivity contribution in [1.82, 2.24) is 25.2 Å². The van der Waals surface area contributed by atoms with Gasteiger partial charge < -0.3 is 21.0 Å². The van der Waals surface area contributed by atoms with Crippen molar-refractivity contribution < 1.29 is 29.1 Å². The normalized spacial score (nSPS) is 18.9. The molecule has 0 spiro atoms. The average molecular weight is 813 g/mol. The van der Waals surface area contributed by atoms with Crippen LogP contribution in [-0.2, 0) is 29.6 Å². The molecule has 0 unspecified atom stereocenters. The standard InChI is InChI=1S/C42H36N8O6S2/c1-24-21-44-35(25(2)45-24)49-19-18-26(37(49)52)20-27-22-57-39-33(38(53)50(39)34(27)40(54)55)47-36(51)32(31-23-58-41(43)46-31)48-56-42(28-12-6-3-7-13-28,29-14-8-4-9-15-29)30-16-10-5-11-17-30/h3-17,20-21,23,33,39H,18-19,22H2,1-2H3,(H2,43,46)(H,47,51)(H,54,55)/b26-20+,48-32-/t33-,39-/m1/s1. The molecule has 2 atom stereocenters. The Bertz CT molecular complexity index is 2430. The second kappa shape index (κ2) is 15.7. The number of carboxylic acid groups (broad SMARTS) is 1. The molecule has 0 radical (unpaired) electrons. The van der Waals surface area contributed by atoms with Gasteiger partial charge in [0.15, 0.2) is 16.7 Å². The predicted octanol–water partition coefficient (Wildman–Crippen LogP) is 4.95. The highest BCUT2D eigenvalue weighted by Gasteiger charge is 2.54. The molecule has 3 amide bonds. The minimum Gasteiger partial charge on any atom is -0.477 e. The fourth-order valence-corrected chi connectivity index (χ4v) is 9.23. The number of carbonyl (C=O) groups is 4. The quantitative estimate of drug-likeness (QED) is 0.0538. The molecule has 0 bridgehead atoms. The van der Waals surface area contributed by atoms with Gasteiger partial charge in [0.2, 0.25) is 5.60 Å². The van der Waals surface area contributed by atoms with E-state index < -0.39 is 34.8 Å².